The van der Waals surface area contributed by atoms with Crippen LogP contribution in [0.3, 0.4) is 0 Å². The molecule has 2 N–H and O–H groups in total. The molecular formula is C23H33NO8. The van der Waals surface area contributed by atoms with Crippen molar-refractivity contribution in [3.8, 4) is 11.5 Å². The normalized spacial score (nSPS) is 12.4. The monoisotopic (exact) mass is 451 g/mol. The fourth-order valence-corrected chi connectivity index (χ4v) is 2.52. The smallest absolute Gasteiger partial charge is 0.323 e. The lowest BCUT2D eigenvalue weighted by Crippen LogP contribution is -2.36. The van der Waals surface area contributed by atoms with Crippen LogP contribution in [0.15, 0.2) is 18.2 Å². The highest BCUT2D eigenvalue weighted by Gasteiger charge is 2.20. The molecule has 0 amide bonds. The van der Waals surface area contributed by atoms with E-state index >= 15 is 0 Å². The van der Waals surface area contributed by atoms with Gasteiger partial charge in [-0.2, -0.15) is 0 Å². The summed E-state index contributed by atoms with van der Waals surface area (Å²) in [6.45, 7) is 6.79. The van der Waals surface area contributed by atoms with Crippen molar-refractivity contribution in [3.63, 3.8) is 0 Å². The minimum Gasteiger partial charge on any atom is -0.461 e. The maximum Gasteiger partial charge on any atom is 0.323 e. The zero-order valence-corrected chi connectivity index (χ0v) is 19.2. The van der Waals surface area contributed by atoms with Crippen LogP contribution in [0.1, 0.15) is 65.4 Å². The van der Waals surface area contributed by atoms with Gasteiger partial charge in [-0.05, 0) is 37.5 Å². The molecule has 0 aliphatic rings. The van der Waals surface area contributed by atoms with Crippen molar-refractivity contribution in [1.82, 2.24) is 0 Å². The summed E-state index contributed by atoms with van der Waals surface area (Å²) in [5.74, 6) is -1.78. The molecule has 9 nitrogen and oxygen atoms in total. The first-order valence-electron chi connectivity index (χ1n) is 10.9. The first-order chi connectivity index (χ1) is 15.2. The van der Waals surface area contributed by atoms with Crippen molar-refractivity contribution < 1.29 is 38.1 Å². The maximum absolute atomic E-state index is 12.2. The SMILES string of the molecule is CCCCC(=O)O[C@@H](C)COC(=O)[C@@H](N)Cc1ccc(OC(=O)CC)c(OC(=O)CC)c1. The van der Waals surface area contributed by atoms with Crippen LogP contribution in [0.5, 0.6) is 11.5 Å². The van der Waals surface area contributed by atoms with E-state index < -0.39 is 30.1 Å². The van der Waals surface area contributed by atoms with Crippen LogP contribution in [0.2, 0.25) is 0 Å². The Hall–Kier alpha value is -2.94. The summed E-state index contributed by atoms with van der Waals surface area (Å²) in [5, 5.41) is 0. The summed E-state index contributed by atoms with van der Waals surface area (Å²) in [5.41, 5.74) is 6.53. The lowest BCUT2D eigenvalue weighted by molar-refractivity contribution is -0.158. The first-order valence-corrected chi connectivity index (χ1v) is 10.9. The van der Waals surface area contributed by atoms with Crippen molar-refractivity contribution in [1.29, 1.82) is 0 Å². The zero-order chi connectivity index (χ0) is 24.1. The van der Waals surface area contributed by atoms with Gasteiger partial charge in [0.05, 0.1) is 0 Å². The molecule has 1 rings (SSSR count). The molecule has 9 heteroatoms. The van der Waals surface area contributed by atoms with Crippen LogP contribution in [-0.4, -0.2) is 42.6 Å². The molecule has 0 bridgehead atoms. The summed E-state index contributed by atoms with van der Waals surface area (Å²) in [4.78, 5) is 47.2. The lowest BCUT2D eigenvalue weighted by atomic mass is 10.1. The summed E-state index contributed by atoms with van der Waals surface area (Å²) < 4.78 is 20.8. The van der Waals surface area contributed by atoms with E-state index in [1.54, 1.807) is 26.8 Å². The second-order valence-corrected chi connectivity index (χ2v) is 7.28. The number of esters is 4. The quantitative estimate of drug-likeness (QED) is 0.355. The maximum atomic E-state index is 12.2. The van der Waals surface area contributed by atoms with Crippen LogP contribution in [0.4, 0.5) is 0 Å². The fourth-order valence-electron chi connectivity index (χ4n) is 2.52. The average Bonchev–Trinajstić information content (AvgIpc) is 2.77. The molecule has 2 atom stereocenters. The number of ether oxygens (including phenoxy) is 4. The van der Waals surface area contributed by atoms with Gasteiger partial charge in [0.1, 0.15) is 18.8 Å². The zero-order valence-electron chi connectivity index (χ0n) is 19.2. The van der Waals surface area contributed by atoms with Crippen molar-refractivity contribution in [2.24, 2.45) is 5.73 Å². The fraction of sp³-hybridized carbons (Fsp3) is 0.565. The Morgan fingerprint density at radius 1 is 0.938 bits per heavy atom. The minimum atomic E-state index is -0.989. The lowest BCUT2D eigenvalue weighted by Gasteiger charge is -2.17. The van der Waals surface area contributed by atoms with Gasteiger partial charge >= 0.3 is 23.9 Å². The van der Waals surface area contributed by atoms with E-state index in [1.165, 1.54) is 12.1 Å². The second kappa shape index (κ2) is 14.2. The third-order valence-corrected chi connectivity index (χ3v) is 4.32. The summed E-state index contributed by atoms with van der Waals surface area (Å²) >= 11 is 0. The highest BCUT2D eigenvalue weighted by Crippen LogP contribution is 2.29. The van der Waals surface area contributed by atoms with Crippen molar-refractivity contribution in [3.05, 3.63) is 23.8 Å². The minimum absolute atomic E-state index is 0.0735. The highest BCUT2D eigenvalue weighted by molar-refractivity contribution is 5.77. The molecule has 0 fully saturated rings. The van der Waals surface area contributed by atoms with Gasteiger partial charge in [0.25, 0.3) is 0 Å². The van der Waals surface area contributed by atoms with Gasteiger partial charge in [-0.1, -0.05) is 33.3 Å². The number of hydrogen-bond acceptors (Lipinski definition) is 9. The Balaban J connectivity index is 2.71. The third-order valence-electron chi connectivity index (χ3n) is 4.32. The summed E-state index contributed by atoms with van der Waals surface area (Å²) in [6.07, 6.45) is 1.76. The Labute approximate surface area is 188 Å². The first kappa shape index (κ1) is 27.1. The molecule has 0 saturated carbocycles. The Morgan fingerprint density at radius 3 is 2.16 bits per heavy atom. The van der Waals surface area contributed by atoms with E-state index in [9.17, 15) is 19.2 Å². The van der Waals surface area contributed by atoms with Crippen molar-refractivity contribution in [2.75, 3.05) is 6.61 Å². The van der Waals surface area contributed by atoms with Gasteiger partial charge in [-0.3, -0.25) is 19.2 Å². The average molecular weight is 452 g/mol. The van der Waals surface area contributed by atoms with Gasteiger partial charge in [-0.15, -0.1) is 0 Å². The predicted octanol–water partition coefficient (Wildman–Crippen LogP) is 2.85. The second-order valence-electron chi connectivity index (χ2n) is 7.28. The molecule has 0 aliphatic heterocycles. The molecule has 1 aromatic carbocycles. The number of rotatable bonds is 13. The van der Waals surface area contributed by atoms with Crippen LogP contribution in [-0.2, 0) is 35.1 Å². The summed E-state index contributed by atoms with van der Waals surface area (Å²) in [6, 6.07) is 3.61. The molecule has 0 spiro atoms. The Kier molecular flexibility index (Phi) is 12.0. The molecular weight excluding hydrogens is 418 g/mol. The molecule has 0 aromatic heterocycles. The van der Waals surface area contributed by atoms with Crippen molar-refractivity contribution >= 4 is 23.9 Å². The number of carbonyl (C=O) groups excluding carboxylic acids is 4. The van der Waals surface area contributed by atoms with Crippen LogP contribution >= 0.6 is 0 Å². The molecule has 32 heavy (non-hydrogen) atoms. The van der Waals surface area contributed by atoms with Gasteiger partial charge in [0, 0.05) is 19.3 Å². The van der Waals surface area contributed by atoms with Gasteiger partial charge in [0.2, 0.25) is 0 Å². The number of unbranched alkanes of at least 4 members (excludes halogenated alkanes) is 1. The standard InChI is InChI=1S/C23H33NO8/c1-5-8-9-22(27)30-15(4)14-29-23(28)17(24)12-16-10-11-18(31-20(25)6-2)19(13-16)32-21(26)7-3/h10-11,13,15,17H,5-9,12,14,24H2,1-4H3/t15-,17-/m0/s1. The third kappa shape index (κ3) is 9.91. The van der Waals surface area contributed by atoms with Gasteiger partial charge < -0.3 is 24.7 Å². The summed E-state index contributed by atoms with van der Waals surface area (Å²) in [7, 11) is 0. The molecule has 178 valence electrons. The van der Waals surface area contributed by atoms with Crippen LogP contribution in [0, 0.1) is 0 Å². The topological polar surface area (TPSA) is 131 Å². The van der Waals surface area contributed by atoms with Crippen LogP contribution in [0.25, 0.3) is 0 Å². The Bertz CT molecular complexity index is 792. The van der Waals surface area contributed by atoms with Crippen molar-refractivity contribution in [2.45, 2.75) is 78.4 Å². The Morgan fingerprint density at radius 2 is 1.56 bits per heavy atom. The van der Waals surface area contributed by atoms with E-state index in [0.29, 0.717) is 12.0 Å². The van der Waals surface area contributed by atoms with E-state index in [1.807, 2.05) is 6.92 Å². The largest absolute Gasteiger partial charge is 0.461 e. The molecule has 0 heterocycles. The van der Waals surface area contributed by atoms with Crippen LogP contribution < -0.4 is 15.2 Å². The van der Waals surface area contributed by atoms with E-state index in [4.69, 9.17) is 24.7 Å². The molecule has 0 saturated heterocycles. The highest BCUT2D eigenvalue weighted by atomic mass is 16.6. The number of benzene rings is 1. The van der Waals surface area contributed by atoms with Gasteiger partial charge in [0.15, 0.2) is 11.5 Å². The van der Waals surface area contributed by atoms with E-state index in [0.717, 1.165) is 12.8 Å². The van der Waals surface area contributed by atoms with E-state index in [-0.39, 0.29) is 43.3 Å². The number of hydrogen-bond donors (Lipinski definition) is 1. The molecule has 0 aliphatic carbocycles. The van der Waals surface area contributed by atoms with Gasteiger partial charge in [-0.25, -0.2) is 0 Å². The predicted molar refractivity (Wildman–Crippen MR) is 116 cm³/mol. The molecule has 0 unspecified atom stereocenters. The number of carbonyl (C=O) groups is 4. The molecule has 0 radical (unpaired) electrons. The number of nitrogens with two attached hydrogens (primary N) is 1. The van der Waals surface area contributed by atoms with E-state index in [2.05, 4.69) is 0 Å². The molecule has 1 aromatic rings.